The SMILES string of the molecule is Cc1oc2ncn(C)c(=O)c2c1C(=O)NC(CC(C)C)c1ccccc1. The molecule has 1 atom stereocenters. The molecule has 1 amide bonds. The molecule has 0 bridgehead atoms. The van der Waals surface area contributed by atoms with Crippen molar-refractivity contribution in [3.05, 3.63) is 63.9 Å². The first-order chi connectivity index (χ1) is 12.4. The van der Waals surface area contributed by atoms with E-state index in [1.807, 2.05) is 30.3 Å². The highest BCUT2D eigenvalue weighted by Crippen LogP contribution is 2.25. The molecule has 26 heavy (non-hydrogen) atoms. The summed E-state index contributed by atoms with van der Waals surface area (Å²) in [6.45, 7) is 5.90. The zero-order chi connectivity index (χ0) is 18.8. The van der Waals surface area contributed by atoms with Crippen molar-refractivity contribution in [2.24, 2.45) is 13.0 Å². The number of aromatic nitrogens is 2. The van der Waals surface area contributed by atoms with Gasteiger partial charge in [0.15, 0.2) is 0 Å². The molecular formula is C20H23N3O3. The largest absolute Gasteiger partial charge is 0.442 e. The minimum absolute atomic E-state index is 0.145. The van der Waals surface area contributed by atoms with Crippen LogP contribution in [0.15, 0.2) is 45.9 Å². The third kappa shape index (κ3) is 3.40. The normalized spacial score (nSPS) is 12.5. The van der Waals surface area contributed by atoms with Gasteiger partial charge >= 0.3 is 0 Å². The molecule has 0 saturated heterocycles. The quantitative estimate of drug-likeness (QED) is 0.763. The van der Waals surface area contributed by atoms with Crippen LogP contribution in [0.3, 0.4) is 0 Å². The first-order valence-electron chi connectivity index (χ1n) is 8.69. The van der Waals surface area contributed by atoms with Crippen LogP contribution < -0.4 is 10.9 Å². The Kier molecular flexibility index (Phi) is 4.93. The average molecular weight is 353 g/mol. The van der Waals surface area contributed by atoms with E-state index >= 15 is 0 Å². The van der Waals surface area contributed by atoms with Gasteiger partial charge < -0.3 is 14.3 Å². The van der Waals surface area contributed by atoms with Gasteiger partial charge in [-0.3, -0.25) is 9.59 Å². The Hall–Kier alpha value is -2.89. The number of rotatable bonds is 5. The van der Waals surface area contributed by atoms with E-state index in [1.165, 1.54) is 10.9 Å². The molecule has 1 unspecified atom stereocenters. The Morgan fingerprint density at radius 2 is 1.96 bits per heavy atom. The predicted octanol–water partition coefficient (Wildman–Crippen LogP) is 3.35. The molecule has 1 N–H and O–H groups in total. The summed E-state index contributed by atoms with van der Waals surface area (Å²) in [6.07, 6.45) is 2.18. The van der Waals surface area contributed by atoms with Crippen LogP contribution in [0.5, 0.6) is 0 Å². The molecule has 0 aliphatic heterocycles. The maximum absolute atomic E-state index is 13.0. The molecule has 3 aromatic rings. The van der Waals surface area contributed by atoms with Crippen molar-refractivity contribution in [3.63, 3.8) is 0 Å². The van der Waals surface area contributed by atoms with Gasteiger partial charge in [0.2, 0.25) is 5.71 Å². The zero-order valence-corrected chi connectivity index (χ0v) is 15.4. The lowest BCUT2D eigenvalue weighted by Gasteiger charge is -2.21. The molecule has 0 aliphatic rings. The standard InChI is InChI=1S/C20H23N3O3/c1-12(2)10-15(14-8-6-5-7-9-14)22-18(24)16-13(3)26-19-17(16)20(25)23(4)11-21-19/h5-9,11-12,15H,10H2,1-4H3,(H,22,24). The third-order valence-electron chi connectivity index (χ3n) is 4.39. The van der Waals surface area contributed by atoms with Crippen molar-refractivity contribution in [1.82, 2.24) is 14.9 Å². The topological polar surface area (TPSA) is 77.1 Å². The van der Waals surface area contributed by atoms with E-state index in [0.717, 1.165) is 12.0 Å². The molecular weight excluding hydrogens is 330 g/mol. The molecule has 6 nitrogen and oxygen atoms in total. The van der Waals surface area contributed by atoms with Crippen LogP contribution >= 0.6 is 0 Å². The number of hydrogen-bond donors (Lipinski definition) is 1. The van der Waals surface area contributed by atoms with Gasteiger partial charge in [-0.15, -0.1) is 0 Å². The molecule has 2 heterocycles. The highest BCUT2D eigenvalue weighted by atomic mass is 16.3. The number of carbonyl (C=O) groups excluding carboxylic acids is 1. The third-order valence-corrected chi connectivity index (χ3v) is 4.39. The van der Waals surface area contributed by atoms with Gasteiger partial charge in [-0.1, -0.05) is 44.2 Å². The number of nitrogens with one attached hydrogen (secondary N) is 1. The summed E-state index contributed by atoms with van der Waals surface area (Å²) < 4.78 is 6.88. The fourth-order valence-corrected chi connectivity index (χ4v) is 3.13. The van der Waals surface area contributed by atoms with Crippen LogP contribution in [-0.4, -0.2) is 15.5 Å². The number of benzene rings is 1. The number of nitrogens with zero attached hydrogens (tertiary/aromatic N) is 2. The number of amides is 1. The fourth-order valence-electron chi connectivity index (χ4n) is 3.13. The van der Waals surface area contributed by atoms with E-state index in [0.29, 0.717) is 11.7 Å². The van der Waals surface area contributed by atoms with Crippen molar-refractivity contribution in [3.8, 4) is 0 Å². The van der Waals surface area contributed by atoms with Crippen molar-refractivity contribution >= 4 is 17.0 Å². The molecule has 0 radical (unpaired) electrons. The van der Waals surface area contributed by atoms with E-state index < -0.39 is 0 Å². The van der Waals surface area contributed by atoms with Crippen LogP contribution in [0, 0.1) is 12.8 Å². The van der Waals surface area contributed by atoms with Crippen LogP contribution in [0.1, 0.15) is 48.0 Å². The minimum atomic E-state index is -0.319. The molecule has 3 rings (SSSR count). The van der Waals surface area contributed by atoms with Crippen LogP contribution in [-0.2, 0) is 7.05 Å². The molecule has 0 saturated carbocycles. The van der Waals surface area contributed by atoms with Crippen molar-refractivity contribution in [2.75, 3.05) is 0 Å². The van der Waals surface area contributed by atoms with Crippen molar-refractivity contribution < 1.29 is 9.21 Å². The van der Waals surface area contributed by atoms with Gasteiger partial charge in [0.25, 0.3) is 11.5 Å². The number of aryl methyl sites for hydroxylation is 2. The second-order valence-electron chi connectivity index (χ2n) is 6.94. The molecule has 0 fully saturated rings. The lowest BCUT2D eigenvalue weighted by molar-refractivity contribution is 0.0932. The highest BCUT2D eigenvalue weighted by Gasteiger charge is 2.25. The van der Waals surface area contributed by atoms with Gasteiger partial charge in [-0.25, -0.2) is 4.98 Å². The van der Waals surface area contributed by atoms with Crippen LogP contribution in [0.25, 0.3) is 11.1 Å². The first-order valence-corrected chi connectivity index (χ1v) is 8.69. The van der Waals surface area contributed by atoms with Crippen molar-refractivity contribution in [1.29, 1.82) is 0 Å². The molecule has 0 spiro atoms. The monoisotopic (exact) mass is 353 g/mol. The van der Waals surface area contributed by atoms with Gasteiger partial charge in [-0.05, 0) is 24.8 Å². The summed E-state index contributed by atoms with van der Waals surface area (Å²) in [6, 6.07) is 9.69. The summed E-state index contributed by atoms with van der Waals surface area (Å²) in [5.41, 5.74) is 1.19. The first kappa shape index (κ1) is 17.9. The van der Waals surface area contributed by atoms with Crippen molar-refractivity contribution in [2.45, 2.75) is 33.2 Å². The smallest absolute Gasteiger partial charge is 0.265 e. The lowest BCUT2D eigenvalue weighted by atomic mass is 9.96. The lowest BCUT2D eigenvalue weighted by Crippen LogP contribution is -2.31. The average Bonchev–Trinajstić information content (AvgIpc) is 2.95. The van der Waals surface area contributed by atoms with Crippen LogP contribution in [0.2, 0.25) is 0 Å². The Morgan fingerprint density at radius 1 is 1.27 bits per heavy atom. The van der Waals surface area contributed by atoms with E-state index in [-0.39, 0.29) is 34.2 Å². The van der Waals surface area contributed by atoms with Gasteiger partial charge in [0, 0.05) is 7.05 Å². The van der Waals surface area contributed by atoms with Gasteiger partial charge in [0.05, 0.1) is 11.6 Å². The molecule has 0 aliphatic carbocycles. The number of hydrogen-bond acceptors (Lipinski definition) is 4. The van der Waals surface area contributed by atoms with Gasteiger partial charge in [-0.2, -0.15) is 0 Å². The summed E-state index contributed by atoms with van der Waals surface area (Å²) in [7, 11) is 1.60. The second kappa shape index (κ2) is 7.15. The minimum Gasteiger partial charge on any atom is -0.442 e. The molecule has 1 aromatic carbocycles. The molecule has 136 valence electrons. The number of furan rings is 1. The summed E-state index contributed by atoms with van der Waals surface area (Å²) >= 11 is 0. The number of fused-ring (bicyclic) bond motifs is 1. The summed E-state index contributed by atoms with van der Waals surface area (Å²) in [5.74, 6) is 0.475. The highest BCUT2D eigenvalue weighted by molar-refractivity contribution is 6.06. The maximum Gasteiger partial charge on any atom is 0.265 e. The van der Waals surface area contributed by atoms with E-state index in [4.69, 9.17) is 4.42 Å². The Morgan fingerprint density at radius 3 is 2.62 bits per heavy atom. The van der Waals surface area contributed by atoms with E-state index in [1.54, 1.807) is 14.0 Å². The molecule has 2 aromatic heterocycles. The van der Waals surface area contributed by atoms with E-state index in [2.05, 4.69) is 24.1 Å². The summed E-state index contributed by atoms with van der Waals surface area (Å²) in [5, 5.41) is 3.30. The molecule has 6 heteroatoms. The summed E-state index contributed by atoms with van der Waals surface area (Å²) in [4.78, 5) is 29.6. The second-order valence-corrected chi connectivity index (χ2v) is 6.94. The van der Waals surface area contributed by atoms with E-state index in [9.17, 15) is 9.59 Å². The Balaban J connectivity index is 2.01. The van der Waals surface area contributed by atoms with Crippen LogP contribution in [0.4, 0.5) is 0 Å². The fraction of sp³-hybridized carbons (Fsp3) is 0.350. The number of carbonyl (C=O) groups is 1. The Bertz CT molecular complexity index is 987. The predicted molar refractivity (Wildman–Crippen MR) is 100 cm³/mol. The van der Waals surface area contributed by atoms with Gasteiger partial charge in [0.1, 0.15) is 17.5 Å². The Labute approximate surface area is 151 Å². The zero-order valence-electron chi connectivity index (χ0n) is 15.4. The maximum atomic E-state index is 13.0.